The number of aliphatic hydroxyl groups excluding tert-OH is 1. The highest BCUT2D eigenvalue weighted by Gasteiger charge is 2.29. The van der Waals surface area contributed by atoms with Crippen molar-refractivity contribution in [3.05, 3.63) is 69.1 Å². The van der Waals surface area contributed by atoms with E-state index in [1.165, 1.54) is 0 Å². The van der Waals surface area contributed by atoms with Gasteiger partial charge in [-0.3, -0.25) is 14.4 Å². The molecule has 32 heavy (non-hydrogen) atoms. The summed E-state index contributed by atoms with van der Waals surface area (Å²) in [5.41, 5.74) is 2.70. The fraction of sp³-hybridized carbons (Fsp3) is 0.480. The van der Waals surface area contributed by atoms with Crippen LogP contribution in [0.4, 0.5) is 0 Å². The number of hydrogen-bond acceptors (Lipinski definition) is 4. The van der Waals surface area contributed by atoms with Crippen molar-refractivity contribution in [1.82, 2.24) is 14.8 Å². The summed E-state index contributed by atoms with van der Waals surface area (Å²) in [5, 5.41) is 12.4. The van der Waals surface area contributed by atoms with E-state index in [-0.39, 0.29) is 29.0 Å². The number of aliphatic hydroxyl groups is 1. The van der Waals surface area contributed by atoms with E-state index in [0.717, 1.165) is 36.0 Å². The Kier molecular flexibility index (Phi) is 6.74. The van der Waals surface area contributed by atoms with E-state index in [9.17, 15) is 19.5 Å². The van der Waals surface area contributed by atoms with Gasteiger partial charge in [-0.15, -0.1) is 0 Å². The van der Waals surface area contributed by atoms with Gasteiger partial charge < -0.3 is 19.9 Å². The standard InChI is InChI=1S/C25H31N3O4/c1-17(29)27-12-9-22-20(15-27)16-28(11-8-18-5-3-2-4-6-18)25(32)23(22)24(31)26-10-7-19-13-21(30)14-19/h2-6,16,19,21,30H,7-15H2,1H3,(H,26,31). The minimum atomic E-state index is -0.337. The lowest BCUT2D eigenvalue weighted by molar-refractivity contribution is -0.129. The summed E-state index contributed by atoms with van der Waals surface area (Å²) in [7, 11) is 0. The van der Waals surface area contributed by atoms with Crippen molar-refractivity contribution in [2.24, 2.45) is 5.92 Å². The molecule has 2 N–H and O–H groups in total. The number of amides is 2. The van der Waals surface area contributed by atoms with E-state index in [0.29, 0.717) is 44.9 Å². The number of aromatic nitrogens is 1. The lowest BCUT2D eigenvalue weighted by Crippen LogP contribution is -2.41. The Hall–Kier alpha value is -2.93. The van der Waals surface area contributed by atoms with Crippen molar-refractivity contribution in [1.29, 1.82) is 0 Å². The highest BCUT2D eigenvalue weighted by atomic mass is 16.3. The third kappa shape index (κ3) is 4.93. The smallest absolute Gasteiger partial charge is 0.263 e. The van der Waals surface area contributed by atoms with Crippen molar-refractivity contribution < 1.29 is 14.7 Å². The Morgan fingerprint density at radius 3 is 2.62 bits per heavy atom. The van der Waals surface area contributed by atoms with Crippen LogP contribution < -0.4 is 10.9 Å². The third-order valence-electron chi connectivity index (χ3n) is 6.67. The van der Waals surface area contributed by atoms with E-state index in [1.54, 1.807) is 16.4 Å². The molecule has 2 aliphatic rings. The van der Waals surface area contributed by atoms with E-state index >= 15 is 0 Å². The number of fused-ring (bicyclic) bond motifs is 1. The van der Waals surface area contributed by atoms with Crippen LogP contribution in [0.5, 0.6) is 0 Å². The van der Waals surface area contributed by atoms with E-state index in [4.69, 9.17) is 0 Å². The summed E-state index contributed by atoms with van der Waals surface area (Å²) in [6, 6.07) is 9.93. The molecule has 7 heteroatoms. The van der Waals surface area contributed by atoms with Crippen LogP contribution in [0, 0.1) is 5.92 Å². The van der Waals surface area contributed by atoms with Crippen LogP contribution in [-0.4, -0.2) is 45.6 Å². The van der Waals surface area contributed by atoms with Gasteiger partial charge >= 0.3 is 0 Å². The largest absolute Gasteiger partial charge is 0.393 e. The van der Waals surface area contributed by atoms with Gasteiger partial charge in [-0.05, 0) is 54.7 Å². The first-order valence-corrected chi connectivity index (χ1v) is 11.4. The van der Waals surface area contributed by atoms with Crippen molar-refractivity contribution in [2.75, 3.05) is 13.1 Å². The maximum absolute atomic E-state index is 13.3. The summed E-state index contributed by atoms with van der Waals surface area (Å²) in [4.78, 5) is 40.1. The van der Waals surface area contributed by atoms with Crippen molar-refractivity contribution in [3.8, 4) is 0 Å². The van der Waals surface area contributed by atoms with Gasteiger partial charge in [-0.2, -0.15) is 0 Å². The molecule has 0 bridgehead atoms. The first kappa shape index (κ1) is 22.3. The second-order valence-electron chi connectivity index (χ2n) is 8.97. The monoisotopic (exact) mass is 437 g/mol. The molecular formula is C25H31N3O4. The topological polar surface area (TPSA) is 91.6 Å². The molecule has 1 saturated carbocycles. The normalized spacial score (nSPS) is 19.8. The Balaban J connectivity index is 1.56. The second-order valence-corrected chi connectivity index (χ2v) is 8.97. The summed E-state index contributed by atoms with van der Waals surface area (Å²) < 4.78 is 1.62. The first-order valence-electron chi connectivity index (χ1n) is 11.4. The Morgan fingerprint density at radius 1 is 1.19 bits per heavy atom. The lowest BCUT2D eigenvalue weighted by atomic mass is 9.80. The van der Waals surface area contributed by atoms with E-state index in [2.05, 4.69) is 5.32 Å². The fourth-order valence-electron chi connectivity index (χ4n) is 4.69. The maximum Gasteiger partial charge on any atom is 0.263 e. The molecule has 2 heterocycles. The number of nitrogens with zero attached hydrogens (tertiary/aromatic N) is 2. The summed E-state index contributed by atoms with van der Waals surface area (Å²) in [6.07, 6.45) is 5.16. The molecule has 0 radical (unpaired) electrons. The molecular weight excluding hydrogens is 406 g/mol. The van der Waals surface area contributed by atoms with E-state index < -0.39 is 0 Å². The number of aryl methyl sites for hydroxylation is 2. The number of rotatable bonds is 7. The number of carbonyl (C=O) groups excluding carboxylic acids is 2. The highest BCUT2D eigenvalue weighted by Crippen LogP contribution is 2.29. The Labute approximate surface area is 188 Å². The lowest BCUT2D eigenvalue weighted by Gasteiger charge is -2.31. The number of nitrogens with one attached hydrogen (secondary N) is 1. The van der Waals surface area contributed by atoms with Crippen LogP contribution in [-0.2, 0) is 30.7 Å². The van der Waals surface area contributed by atoms with Crippen LogP contribution >= 0.6 is 0 Å². The molecule has 2 amide bonds. The van der Waals surface area contributed by atoms with Gasteiger partial charge in [0.2, 0.25) is 5.91 Å². The van der Waals surface area contributed by atoms with Crippen molar-refractivity contribution in [3.63, 3.8) is 0 Å². The van der Waals surface area contributed by atoms with Crippen LogP contribution in [0.15, 0.2) is 41.3 Å². The minimum Gasteiger partial charge on any atom is -0.393 e. The maximum atomic E-state index is 13.3. The van der Waals surface area contributed by atoms with Crippen LogP contribution in [0.3, 0.4) is 0 Å². The zero-order chi connectivity index (χ0) is 22.7. The second kappa shape index (κ2) is 9.69. The van der Waals surface area contributed by atoms with Gasteiger partial charge in [0.25, 0.3) is 11.5 Å². The quantitative estimate of drug-likeness (QED) is 0.692. The molecule has 1 aromatic heterocycles. The Morgan fingerprint density at radius 2 is 1.94 bits per heavy atom. The first-order chi connectivity index (χ1) is 15.4. The van der Waals surface area contributed by atoms with Gasteiger partial charge in [0.1, 0.15) is 5.56 Å². The number of pyridine rings is 1. The van der Waals surface area contributed by atoms with Crippen molar-refractivity contribution >= 4 is 11.8 Å². The molecule has 1 fully saturated rings. The Bertz CT molecular complexity index is 1040. The molecule has 4 rings (SSSR count). The zero-order valence-corrected chi connectivity index (χ0v) is 18.5. The molecule has 0 unspecified atom stereocenters. The predicted molar refractivity (Wildman–Crippen MR) is 121 cm³/mol. The molecule has 1 aromatic carbocycles. The molecule has 2 aromatic rings. The van der Waals surface area contributed by atoms with E-state index in [1.807, 2.05) is 36.5 Å². The number of hydrogen-bond donors (Lipinski definition) is 2. The molecule has 0 saturated heterocycles. The number of benzene rings is 1. The average Bonchev–Trinajstić information content (AvgIpc) is 2.76. The molecule has 7 nitrogen and oxygen atoms in total. The third-order valence-corrected chi connectivity index (χ3v) is 6.67. The van der Waals surface area contributed by atoms with Gasteiger partial charge in [-0.25, -0.2) is 0 Å². The van der Waals surface area contributed by atoms with Gasteiger partial charge in [0, 0.05) is 39.3 Å². The summed E-state index contributed by atoms with van der Waals surface area (Å²) in [5.74, 6) is 0.0875. The predicted octanol–water partition coefficient (Wildman–Crippen LogP) is 1.89. The van der Waals surface area contributed by atoms with Gasteiger partial charge in [-0.1, -0.05) is 30.3 Å². The molecule has 0 atom stereocenters. The zero-order valence-electron chi connectivity index (χ0n) is 18.5. The molecule has 170 valence electrons. The summed E-state index contributed by atoms with van der Waals surface area (Å²) in [6.45, 7) is 3.42. The molecule has 0 spiro atoms. The van der Waals surface area contributed by atoms with Gasteiger partial charge in [0.15, 0.2) is 0 Å². The minimum absolute atomic E-state index is 0.00799. The van der Waals surface area contributed by atoms with Crippen LogP contribution in [0.1, 0.15) is 53.2 Å². The van der Waals surface area contributed by atoms with Gasteiger partial charge in [0.05, 0.1) is 6.10 Å². The number of carbonyl (C=O) groups is 2. The van der Waals surface area contributed by atoms with Crippen molar-refractivity contribution in [2.45, 2.75) is 58.2 Å². The van der Waals surface area contributed by atoms with Crippen LogP contribution in [0.25, 0.3) is 0 Å². The highest BCUT2D eigenvalue weighted by molar-refractivity contribution is 5.95. The molecule has 1 aliphatic carbocycles. The molecule has 1 aliphatic heterocycles. The van der Waals surface area contributed by atoms with Crippen LogP contribution in [0.2, 0.25) is 0 Å². The fourth-order valence-corrected chi connectivity index (χ4v) is 4.69. The average molecular weight is 438 g/mol. The SMILES string of the molecule is CC(=O)N1CCc2c(cn(CCc3ccccc3)c(=O)c2C(=O)NCCC2CC(O)C2)C1. The summed E-state index contributed by atoms with van der Waals surface area (Å²) >= 11 is 0.